The van der Waals surface area contributed by atoms with Gasteiger partial charge >= 0.3 is 0 Å². The van der Waals surface area contributed by atoms with Crippen molar-refractivity contribution in [2.45, 2.75) is 11.7 Å². The summed E-state index contributed by atoms with van der Waals surface area (Å²) in [7, 11) is 1.57. The van der Waals surface area contributed by atoms with Gasteiger partial charge in [-0.2, -0.15) is 0 Å². The summed E-state index contributed by atoms with van der Waals surface area (Å²) in [5.41, 5.74) is 1.26. The largest absolute Gasteiger partial charge is 0.497 e. The highest BCUT2D eigenvalue weighted by Crippen LogP contribution is 2.15. The number of methoxy groups -OCH3 is 1. The maximum absolute atomic E-state index is 12.2. The highest BCUT2D eigenvalue weighted by atomic mass is 127. The summed E-state index contributed by atoms with van der Waals surface area (Å²) in [4.78, 5) is 28.5. The first kappa shape index (κ1) is 21.1. The lowest BCUT2D eigenvalue weighted by Crippen LogP contribution is -2.23. The molecule has 3 N–H and O–H groups in total. The van der Waals surface area contributed by atoms with Crippen LogP contribution in [0.25, 0.3) is 0 Å². The number of carbonyl (C=O) groups excluding carboxylic acids is 2. The molecule has 150 valence electrons. The number of amides is 2. The molecule has 0 spiro atoms. The predicted molar refractivity (Wildman–Crippen MR) is 119 cm³/mol. The first-order chi connectivity index (χ1) is 14.0. The molecule has 0 fully saturated rings. The third-order valence-electron chi connectivity index (χ3n) is 3.74. The first-order valence-electron chi connectivity index (χ1n) is 8.55. The number of halogens is 1. The van der Waals surface area contributed by atoms with Crippen LogP contribution in [0, 0.1) is 3.57 Å². The highest BCUT2D eigenvalue weighted by Gasteiger charge is 2.10. The van der Waals surface area contributed by atoms with Crippen molar-refractivity contribution in [1.29, 1.82) is 0 Å². The summed E-state index contributed by atoms with van der Waals surface area (Å²) in [6, 6.07) is 14.3. The minimum atomic E-state index is -0.227. The number of aromatic amines is 1. The van der Waals surface area contributed by atoms with Crippen LogP contribution in [0.15, 0.2) is 53.7 Å². The SMILES string of the molecule is COc1ccc(C(=O)NCc2nc(SCC(=O)Nc3ccc(I)cc3)n[nH]2)cc1. The number of aromatic nitrogens is 3. The topological polar surface area (TPSA) is 109 Å². The van der Waals surface area contributed by atoms with Crippen LogP contribution in [0.5, 0.6) is 5.75 Å². The van der Waals surface area contributed by atoms with E-state index in [0.29, 0.717) is 22.3 Å². The molecular weight excluding hydrogens is 505 g/mol. The fraction of sp³-hybridized carbons (Fsp3) is 0.158. The molecule has 0 saturated carbocycles. The first-order valence-corrected chi connectivity index (χ1v) is 10.6. The zero-order chi connectivity index (χ0) is 20.6. The number of ether oxygens (including phenoxy) is 1. The molecular formula is C19H18IN5O3S. The minimum Gasteiger partial charge on any atom is -0.497 e. The average molecular weight is 523 g/mol. The van der Waals surface area contributed by atoms with Gasteiger partial charge < -0.3 is 15.4 Å². The van der Waals surface area contributed by atoms with Gasteiger partial charge in [-0.05, 0) is 71.1 Å². The summed E-state index contributed by atoms with van der Waals surface area (Å²) < 4.78 is 6.17. The molecule has 3 aromatic rings. The van der Waals surface area contributed by atoms with E-state index in [1.807, 2.05) is 24.3 Å². The van der Waals surface area contributed by atoms with E-state index in [4.69, 9.17) is 4.74 Å². The number of benzene rings is 2. The van der Waals surface area contributed by atoms with Crippen molar-refractivity contribution in [3.05, 3.63) is 63.5 Å². The van der Waals surface area contributed by atoms with Gasteiger partial charge in [0.15, 0.2) is 0 Å². The zero-order valence-corrected chi connectivity index (χ0v) is 18.4. The fourth-order valence-electron chi connectivity index (χ4n) is 2.29. The zero-order valence-electron chi connectivity index (χ0n) is 15.4. The van der Waals surface area contributed by atoms with Crippen LogP contribution in [-0.2, 0) is 11.3 Å². The number of hydrogen-bond acceptors (Lipinski definition) is 6. The third kappa shape index (κ3) is 6.46. The summed E-state index contributed by atoms with van der Waals surface area (Å²) in [6.45, 7) is 0.202. The van der Waals surface area contributed by atoms with Crippen molar-refractivity contribution in [1.82, 2.24) is 20.5 Å². The summed E-state index contributed by atoms with van der Waals surface area (Å²) in [5.74, 6) is 1.00. The van der Waals surface area contributed by atoms with Gasteiger partial charge in [0.1, 0.15) is 11.6 Å². The van der Waals surface area contributed by atoms with Gasteiger partial charge in [-0.3, -0.25) is 14.7 Å². The Labute approximate surface area is 185 Å². The maximum atomic E-state index is 12.2. The van der Waals surface area contributed by atoms with Gasteiger partial charge in [-0.25, -0.2) is 4.98 Å². The Kier molecular flexibility index (Phi) is 7.47. The number of nitrogens with one attached hydrogen (secondary N) is 3. The Morgan fingerprint density at radius 1 is 1.14 bits per heavy atom. The summed E-state index contributed by atoms with van der Waals surface area (Å²) in [6.07, 6.45) is 0. The fourth-order valence-corrected chi connectivity index (χ4v) is 3.27. The van der Waals surface area contributed by atoms with Gasteiger partial charge in [0.05, 0.1) is 19.4 Å². The molecule has 0 atom stereocenters. The number of anilines is 1. The third-order valence-corrected chi connectivity index (χ3v) is 5.31. The lowest BCUT2D eigenvalue weighted by Gasteiger charge is -2.04. The molecule has 2 aromatic carbocycles. The molecule has 8 nitrogen and oxygen atoms in total. The second-order valence-electron chi connectivity index (χ2n) is 5.82. The van der Waals surface area contributed by atoms with E-state index < -0.39 is 0 Å². The molecule has 3 rings (SSSR count). The molecule has 0 aliphatic heterocycles. The number of carbonyl (C=O) groups is 2. The van der Waals surface area contributed by atoms with Gasteiger partial charge in [0.25, 0.3) is 5.91 Å². The van der Waals surface area contributed by atoms with Crippen molar-refractivity contribution in [3.63, 3.8) is 0 Å². The lowest BCUT2D eigenvalue weighted by atomic mass is 10.2. The van der Waals surface area contributed by atoms with Crippen LogP contribution in [-0.4, -0.2) is 39.9 Å². The summed E-state index contributed by atoms with van der Waals surface area (Å²) in [5, 5.41) is 12.8. The van der Waals surface area contributed by atoms with E-state index in [0.717, 1.165) is 9.26 Å². The molecule has 0 saturated heterocycles. The van der Waals surface area contributed by atoms with Crippen LogP contribution < -0.4 is 15.4 Å². The van der Waals surface area contributed by atoms with E-state index in [2.05, 4.69) is 48.4 Å². The molecule has 10 heteroatoms. The van der Waals surface area contributed by atoms with Gasteiger partial charge in [0.2, 0.25) is 11.1 Å². The van der Waals surface area contributed by atoms with Crippen LogP contribution in [0.1, 0.15) is 16.2 Å². The van der Waals surface area contributed by atoms with E-state index in [1.165, 1.54) is 11.8 Å². The van der Waals surface area contributed by atoms with E-state index in [1.54, 1.807) is 31.4 Å². The summed E-state index contributed by atoms with van der Waals surface area (Å²) >= 11 is 3.42. The van der Waals surface area contributed by atoms with Crippen molar-refractivity contribution in [2.24, 2.45) is 0 Å². The Bertz CT molecular complexity index is 976. The molecule has 1 aromatic heterocycles. The normalized spacial score (nSPS) is 10.4. The van der Waals surface area contributed by atoms with Gasteiger partial charge in [-0.1, -0.05) is 11.8 Å². The number of H-pyrrole nitrogens is 1. The molecule has 2 amide bonds. The standard InChI is InChI=1S/C19H18IN5O3S/c1-28-15-8-2-12(3-9-15)18(27)21-10-16-23-19(25-24-16)29-11-17(26)22-14-6-4-13(20)5-7-14/h2-9H,10-11H2,1H3,(H,21,27)(H,22,26)(H,23,24,25). The Hall–Kier alpha value is -2.60. The van der Waals surface area contributed by atoms with Crippen molar-refractivity contribution >= 4 is 51.9 Å². The van der Waals surface area contributed by atoms with Crippen LogP contribution >= 0.6 is 34.4 Å². The second-order valence-corrected chi connectivity index (χ2v) is 8.01. The van der Waals surface area contributed by atoms with Gasteiger partial charge in [-0.15, -0.1) is 5.10 Å². The number of thioether (sulfide) groups is 1. The molecule has 0 aliphatic rings. The molecule has 0 bridgehead atoms. The Balaban J connectivity index is 1.44. The van der Waals surface area contributed by atoms with Gasteiger partial charge in [0, 0.05) is 14.8 Å². The van der Waals surface area contributed by atoms with Crippen LogP contribution in [0.3, 0.4) is 0 Å². The van der Waals surface area contributed by atoms with Crippen LogP contribution in [0.4, 0.5) is 5.69 Å². The molecule has 0 radical (unpaired) electrons. The molecule has 0 aliphatic carbocycles. The molecule has 0 unspecified atom stereocenters. The van der Waals surface area contributed by atoms with Crippen molar-refractivity contribution < 1.29 is 14.3 Å². The number of rotatable bonds is 8. The number of hydrogen-bond donors (Lipinski definition) is 3. The lowest BCUT2D eigenvalue weighted by molar-refractivity contribution is -0.113. The predicted octanol–water partition coefficient (Wildman–Crippen LogP) is 3.08. The van der Waals surface area contributed by atoms with Crippen molar-refractivity contribution in [3.8, 4) is 5.75 Å². The molecule has 29 heavy (non-hydrogen) atoms. The quantitative estimate of drug-likeness (QED) is 0.310. The average Bonchev–Trinajstić information content (AvgIpc) is 3.20. The Morgan fingerprint density at radius 3 is 2.55 bits per heavy atom. The van der Waals surface area contributed by atoms with E-state index in [-0.39, 0.29) is 24.1 Å². The van der Waals surface area contributed by atoms with E-state index >= 15 is 0 Å². The van der Waals surface area contributed by atoms with Crippen LogP contribution in [0.2, 0.25) is 0 Å². The number of nitrogens with zero attached hydrogens (tertiary/aromatic N) is 2. The highest BCUT2D eigenvalue weighted by molar-refractivity contribution is 14.1. The van der Waals surface area contributed by atoms with Crippen molar-refractivity contribution in [2.75, 3.05) is 18.2 Å². The smallest absolute Gasteiger partial charge is 0.251 e. The molecule has 1 heterocycles. The minimum absolute atomic E-state index is 0.143. The second kappa shape index (κ2) is 10.3. The maximum Gasteiger partial charge on any atom is 0.251 e. The van der Waals surface area contributed by atoms with E-state index in [9.17, 15) is 9.59 Å². The Morgan fingerprint density at radius 2 is 1.86 bits per heavy atom. The monoisotopic (exact) mass is 523 g/mol.